The number of oxazole rings is 1. The topological polar surface area (TPSA) is 67.2 Å². The van der Waals surface area contributed by atoms with Crippen LogP contribution in [0.3, 0.4) is 0 Å². The Morgan fingerprint density at radius 2 is 1.88 bits per heavy atom. The van der Waals surface area contributed by atoms with E-state index in [1.165, 1.54) is 5.56 Å². The average molecular weight is 492 g/mol. The molecule has 34 heavy (non-hydrogen) atoms. The minimum atomic E-state index is -0.288. The molecule has 0 aliphatic heterocycles. The first-order chi connectivity index (χ1) is 16.2. The van der Waals surface area contributed by atoms with Crippen molar-refractivity contribution in [2.75, 3.05) is 5.32 Å². The van der Waals surface area contributed by atoms with Gasteiger partial charge in [0.25, 0.3) is 5.91 Å². The van der Waals surface area contributed by atoms with Gasteiger partial charge >= 0.3 is 0 Å². The molecule has 7 heteroatoms. The van der Waals surface area contributed by atoms with Crippen LogP contribution in [-0.4, -0.2) is 16.0 Å². The minimum Gasteiger partial charge on any atom is -0.436 e. The first-order valence-electron chi connectivity index (χ1n) is 11.1. The number of carbonyl (C=O) groups is 1. The van der Waals surface area contributed by atoms with Gasteiger partial charge in [0.15, 0.2) is 10.7 Å². The second kappa shape index (κ2) is 9.95. The minimum absolute atomic E-state index is 0.151. The number of amides is 1. The van der Waals surface area contributed by atoms with Gasteiger partial charge in [0, 0.05) is 11.1 Å². The van der Waals surface area contributed by atoms with Gasteiger partial charge in [0.1, 0.15) is 5.52 Å². The van der Waals surface area contributed by atoms with Gasteiger partial charge in [-0.3, -0.25) is 10.1 Å². The number of nitrogens with zero attached hydrogens (tertiary/aromatic N) is 1. The number of anilines is 1. The summed E-state index contributed by atoms with van der Waals surface area (Å²) < 4.78 is 5.98. The molecule has 0 spiro atoms. The highest BCUT2D eigenvalue weighted by Gasteiger charge is 2.14. The summed E-state index contributed by atoms with van der Waals surface area (Å²) in [7, 11) is 0. The second-order valence-electron chi connectivity index (χ2n) is 8.46. The van der Waals surface area contributed by atoms with Crippen LogP contribution in [0.5, 0.6) is 0 Å². The number of benzene rings is 3. The van der Waals surface area contributed by atoms with Crippen molar-refractivity contribution in [1.82, 2.24) is 10.3 Å². The Morgan fingerprint density at radius 3 is 2.62 bits per heavy atom. The Labute approximate surface area is 209 Å². The third-order valence-corrected chi connectivity index (χ3v) is 6.58. The van der Waals surface area contributed by atoms with Crippen LogP contribution in [0.2, 0.25) is 5.02 Å². The normalized spacial score (nSPS) is 11.9. The van der Waals surface area contributed by atoms with Crippen molar-refractivity contribution in [3.05, 3.63) is 81.9 Å². The molecule has 1 atom stereocenters. The zero-order valence-electron chi connectivity index (χ0n) is 19.5. The van der Waals surface area contributed by atoms with Crippen LogP contribution in [0.15, 0.2) is 59.0 Å². The van der Waals surface area contributed by atoms with Gasteiger partial charge in [0.2, 0.25) is 5.89 Å². The lowest BCUT2D eigenvalue weighted by Gasteiger charge is -2.12. The number of halogens is 1. The fourth-order valence-electron chi connectivity index (χ4n) is 3.58. The van der Waals surface area contributed by atoms with Gasteiger partial charge in [-0.1, -0.05) is 37.6 Å². The quantitative estimate of drug-likeness (QED) is 0.284. The van der Waals surface area contributed by atoms with Gasteiger partial charge in [-0.05, 0) is 97.6 Å². The lowest BCUT2D eigenvalue weighted by Crippen LogP contribution is -2.34. The van der Waals surface area contributed by atoms with Crippen LogP contribution in [0.25, 0.3) is 22.6 Å². The number of thiocarbonyl (C=S) groups is 1. The summed E-state index contributed by atoms with van der Waals surface area (Å²) in [6.07, 6.45) is 1.06. The van der Waals surface area contributed by atoms with Crippen molar-refractivity contribution in [2.45, 2.75) is 40.0 Å². The summed E-state index contributed by atoms with van der Waals surface area (Å²) in [4.78, 5) is 17.3. The summed E-state index contributed by atoms with van der Waals surface area (Å²) in [5.74, 6) is 0.654. The molecular weight excluding hydrogens is 466 g/mol. The summed E-state index contributed by atoms with van der Waals surface area (Å²) in [6, 6.07) is 17.0. The van der Waals surface area contributed by atoms with E-state index in [0.29, 0.717) is 28.1 Å². The Morgan fingerprint density at radius 1 is 1.09 bits per heavy atom. The Kier molecular flexibility index (Phi) is 7.00. The Bertz CT molecular complexity index is 1400. The van der Waals surface area contributed by atoms with Crippen molar-refractivity contribution < 1.29 is 9.21 Å². The number of rotatable bonds is 5. The lowest BCUT2D eigenvalue weighted by atomic mass is 9.98. The zero-order chi connectivity index (χ0) is 24.4. The first-order valence-corrected chi connectivity index (χ1v) is 11.9. The number of aryl methyl sites for hydroxylation is 2. The highest BCUT2D eigenvalue weighted by atomic mass is 35.5. The van der Waals surface area contributed by atoms with Crippen molar-refractivity contribution in [1.29, 1.82) is 0 Å². The highest BCUT2D eigenvalue weighted by Crippen LogP contribution is 2.31. The molecular formula is C27H26ClN3O2S. The van der Waals surface area contributed by atoms with Crippen LogP contribution < -0.4 is 10.6 Å². The maximum absolute atomic E-state index is 12.6. The summed E-state index contributed by atoms with van der Waals surface area (Å²) >= 11 is 11.7. The van der Waals surface area contributed by atoms with Gasteiger partial charge in [-0.25, -0.2) is 4.98 Å². The fourth-order valence-corrected chi connectivity index (χ4v) is 3.94. The van der Waals surface area contributed by atoms with E-state index >= 15 is 0 Å². The maximum atomic E-state index is 12.6. The van der Waals surface area contributed by atoms with E-state index in [9.17, 15) is 4.79 Å². The molecule has 0 saturated carbocycles. The molecule has 0 fully saturated rings. The molecule has 174 valence electrons. The van der Waals surface area contributed by atoms with Crippen molar-refractivity contribution >= 4 is 51.6 Å². The Balaban J connectivity index is 1.53. The van der Waals surface area contributed by atoms with E-state index in [4.69, 9.17) is 28.2 Å². The van der Waals surface area contributed by atoms with E-state index in [2.05, 4.69) is 41.6 Å². The monoisotopic (exact) mass is 491 g/mol. The molecule has 0 saturated heterocycles. The van der Waals surface area contributed by atoms with Crippen molar-refractivity contribution in [2.24, 2.45) is 0 Å². The number of nitrogens with one attached hydrogen (secondary N) is 2. The van der Waals surface area contributed by atoms with Gasteiger partial charge < -0.3 is 9.73 Å². The van der Waals surface area contributed by atoms with Crippen LogP contribution in [-0.2, 0) is 0 Å². The number of hydrogen-bond donors (Lipinski definition) is 2. The predicted octanol–water partition coefficient (Wildman–Crippen LogP) is 7.41. The summed E-state index contributed by atoms with van der Waals surface area (Å²) in [6.45, 7) is 8.33. The molecule has 0 unspecified atom stereocenters. The number of carbonyl (C=O) groups excluding carboxylic acids is 1. The van der Waals surface area contributed by atoms with Gasteiger partial charge in [-0.15, -0.1) is 0 Å². The molecule has 0 bridgehead atoms. The molecule has 0 aliphatic rings. The maximum Gasteiger partial charge on any atom is 0.257 e. The van der Waals surface area contributed by atoms with Gasteiger partial charge in [-0.2, -0.15) is 0 Å². The van der Waals surface area contributed by atoms with Crippen LogP contribution >= 0.6 is 23.8 Å². The molecule has 2 N–H and O–H groups in total. The first kappa shape index (κ1) is 23.9. The van der Waals surface area contributed by atoms with E-state index in [1.807, 2.05) is 38.1 Å². The molecule has 3 aromatic carbocycles. The average Bonchev–Trinajstić information content (AvgIpc) is 3.25. The van der Waals surface area contributed by atoms with E-state index in [1.54, 1.807) is 18.2 Å². The molecule has 5 nitrogen and oxygen atoms in total. The SMILES string of the molecule is CC[C@H](C)c1ccc2oc(-c3ccc(Cl)c(NC(=S)NC(=O)c4ccc(C)c(C)c4)c3)nc2c1. The van der Waals surface area contributed by atoms with Crippen LogP contribution in [0, 0.1) is 13.8 Å². The summed E-state index contributed by atoms with van der Waals surface area (Å²) in [5.41, 5.74) is 6.77. The molecule has 0 aliphatic carbocycles. The summed E-state index contributed by atoms with van der Waals surface area (Å²) in [5, 5.41) is 6.33. The predicted molar refractivity (Wildman–Crippen MR) is 143 cm³/mol. The third-order valence-electron chi connectivity index (χ3n) is 6.05. The van der Waals surface area contributed by atoms with E-state index < -0.39 is 0 Å². The van der Waals surface area contributed by atoms with E-state index in [0.717, 1.165) is 34.2 Å². The van der Waals surface area contributed by atoms with Crippen LogP contribution in [0.1, 0.15) is 53.2 Å². The smallest absolute Gasteiger partial charge is 0.257 e. The van der Waals surface area contributed by atoms with Crippen molar-refractivity contribution in [3.8, 4) is 11.5 Å². The fraction of sp³-hybridized carbons (Fsp3) is 0.222. The second-order valence-corrected chi connectivity index (χ2v) is 9.27. The molecule has 1 heterocycles. The molecule has 1 aromatic heterocycles. The number of fused-ring (bicyclic) bond motifs is 1. The standard InChI is InChI=1S/C27H26ClN3O2S/c1-5-15(2)18-9-11-24-23(13-18)29-26(33-24)20-8-10-21(28)22(14-20)30-27(34)31-25(32)19-7-6-16(3)17(4)12-19/h6-15H,5H2,1-4H3,(H2,30,31,32,34)/t15-/m0/s1. The zero-order valence-corrected chi connectivity index (χ0v) is 21.1. The molecule has 4 aromatic rings. The lowest BCUT2D eigenvalue weighted by molar-refractivity contribution is 0.0977. The number of aromatic nitrogens is 1. The largest absolute Gasteiger partial charge is 0.436 e. The molecule has 4 rings (SSSR count). The molecule has 1 amide bonds. The van der Waals surface area contributed by atoms with E-state index in [-0.39, 0.29) is 11.0 Å². The van der Waals surface area contributed by atoms with Crippen LogP contribution in [0.4, 0.5) is 5.69 Å². The third kappa shape index (κ3) is 5.13. The highest BCUT2D eigenvalue weighted by molar-refractivity contribution is 7.80. The van der Waals surface area contributed by atoms with Crippen molar-refractivity contribution in [3.63, 3.8) is 0 Å². The van der Waals surface area contributed by atoms with Gasteiger partial charge in [0.05, 0.1) is 10.7 Å². The Hall–Kier alpha value is -3.22. The molecule has 0 radical (unpaired) electrons. The number of hydrogen-bond acceptors (Lipinski definition) is 4.